The number of aromatic nitrogens is 1. The highest BCUT2D eigenvalue weighted by atomic mass is 16.3. The van der Waals surface area contributed by atoms with Crippen LogP contribution in [0.1, 0.15) is 31.0 Å². The minimum Gasteiger partial charge on any atom is -0.393 e. The van der Waals surface area contributed by atoms with Crippen LogP contribution >= 0.6 is 0 Å². The highest BCUT2D eigenvalue weighted by Crippen LogP contribution is 2.51. The van der Waals surface area contributed by atoms with Gasteiger partial charge in [0.1, 0.15) is 0 Å². The van der Waals surface area contributed by atoms with Crippen LogP contribution in [0.3, 0.4) is 0 Å². The monoisotopic (exact) mass is 191 g/mol. The summed E-state index contributed by atoms with van der Waals surface area (Å²) in [5, 5.41) is 9.67. The zero-order valence-corrected chi connectivity index (χ0v) is 8.83. The molecule has 1 heterocycles. The number of rotatable bonds is 3. The molecule has 0 aliphatic heterocycles. The van der Waals surface area contributed by atoms with E-state index < -0.39 is 0 Å². The molecule has 2 heteroatoms. The van der Waals surface area contributed by atoms with Gasteiger partial charge in [-0.05, 0) is 44.7 Å². The first-order chi connectivity index (χ1) is 6.64. The summed E-state index contributed by atoms with van der Waals surface area (Å²) in [5.41, 5.74) is 2.54. The third kappa shape index (κ3) is 1.67. The maximum atomic E-state index is 9.67. The Balaban J connectivity index is 2.15. The van der Waals surface area contributed by atoms with Gasteiger partial charge < -0.3 is 5.11 Å². The molecule has 0 amide bonds. The second kappa shape index (κ2) is 3.35. The number of pyridine rings is 1. The third-order valence-electron chi connectivity index (χ3n) is 3.44. The summed E-state index contributed by atoms with van der Waals surface area (Å²) in [6.07, 6.45) is 4.91. The fourth-order valence-corrected chi connectivity index (χ4v) is 1.99. The van der Waals surface area contributed by atoms with Gasteiger partial charge in [0.15, 0.2) is 0 Å². The van der Waals surface area contributed by atoms with Crippen LogP contribution in [0.15, 0.2) is 18.3 Å². The molecule has 76 valence electrons. The van der Waals surface area contributed by atoms with Crippen molar-refractivity contribution in [3.8, 4) is 0 Å². The zero-order chi connectivity index (χ0) is 10.2. The van der Waals surface area contributed by atoms with Crippen LogP contribution in [0.25, 0.3) is 0 Å². The van der Waals surface area contributed by atoms with E-state index in [2.05, 4.69) is 11.1 Å². The van der Waals surface area contributed by atoms with E-state index >= 15 is 0 Å². The van der Waals surface area contributed by atoms with E-state index in [1.807, 2.05) is 26.1 Å². The lowest BCUT2D eigenvalue weighted by Gasteiger charge is -2.19. The van der Waals surface area contributed by atoms with E-state index in [9.17, 15) is 5.11 Å². The molecule has 2 rings (SSSR count). The Morgan fingerprint density at radius 1 is 1.57 bits per heavy atom. The zero-order valence-electron chi connectivity index (χ0n) is 8.83. The van der Waals surface area contributed by atoms with Gasteiger partial charge in [0.2, 0.25) is 0 Å². The molecule has 1 fully saturated rings. The van der Waals surface area contributed by atoms with Crippen LogP contribution < -0.4 is 0 Å². The first-order valence-electron chi connectivity index (χ1n) is 5.23. The van der Waals surface area contributed by atoms with Crippen molar-refractivity contribution in [2.75, 3.05) is 0 Å². The summed E-state index contributed by atoms with van der Waals surface area (Å²) in [5.74, 6) is 0. The topological polar surface area (TPSA) is 33.1 Å². The molecular formula is C12H17NO. The quantitative estimate of drug-likeness (QED) is 0.793. The van der Waals surface area contributed by atoms with Gasteiger partial charge in [0.05, 0.1) is 6.10 Å². The average Bonchev–Trinajstić information content (AvgIpc) is 2.90. The summed E-state index contributed by atoms with van der Waals surface area (Å²) >= 11 is 0. The summed E-state index contributed by atoms with van der Waals surface area (Å²) in [7, 11) is 0. The Morgan fingerprint density at radius 3 is 2.79 bits per heavy atom. The number of aliphatic hydroxyl groups is 1. The van der Waals surface area contributed by atoms with Crippen LogP contribution in [0.4, 0.5) is 0 Å². The molecule has 2 nitrogen and oxygen atoms in total. The van der Waals surface area contributed by atoms with Gasteiger partial charge in [-0.15, -0.1) is 0 Å². The predicted molar refractivity (Wildman–Crippen MR) is 56.0 cm³/mol. The maximum Gasteiger partial charge on any atom is 0.0571 e. The van der Waals surface area contributed by atoms with E-state index in [-0.39, 0.29) is 11.5 Å². The molecule has 14 heavy (non-hydrogen) atoms. The molecule has 1 aliphatic carbocycles. The minimum atomic E-state index is -0.192. The molecule has 0 radical (unpaired) electrons. The number of hydrogen-bond donors (Lipinski definition) is 1. The van der Waals surface area contributed by atoms with Crippen molar-refractivity contribution in [2.24, 2.45) is 5.41 Å². The van der Waals surface area contributed by atoms with E-state index in [0.29, 0.717) is 0 Å². The van der Waals surface area contributed by atoms with Crippen molar-refractivity contribution in [1.82, 2.24) is 4.98 Å². The van der Waals surface area contributed by atoms with E-state index in [0.717, 1.165) is 25.0 Å². The van der Waals surface area contributed by atoms with Gasteiger partial charge >= 0.3 is 0 Å². The molecule has 0 spiro atoms. The Bertz CT molecular complexity index is 329. The van der Waals surface area contributed by atoms with Crippen molar-refractivity contribution in [3.63, 3.8) is 0 Å². The largest absolute Gasteiger partial charge is 0.393 e. The third-order valence-corrected chi connectivity index (χ3v) is 3.44. The smallest absolute Gasteiger partial charge is 0.0571 e. The summed E-state index contributed by atoms with van der Waals surface area (Å²) in [6.45, 7) is 3.94. The molecule has 0 aromatic carbocycles. The first-order valence-corrected chi connectivity index (χ1v) is 5.23. The fraction of sp³-hybridized carbons (Fsp3) is 0.583. The Hall–Kier alpha value is -0.890. The van der Waals surface area contributed by atoms with E-state index in [1.165, 1.54) is 5.56 Å². The van der Waals surface area contributed by atoms with Crippen molar-refractivity contribution in [1.29, 1.82) is 0 Å². The molecule has 0 bridgehead atoms. The van der Waals surface area contributed by atoms with Gasteiger partial charge in [-0.2, -0.15) is 0 Å². The number of aryl methyl sites for hydroxylation is 1. The van der Waals surface area contributed by atoms with Gasteiger partial charge in [0.25, 0.3) is 0 Å². The van der Waals surface area contributed by atoms with Crippen molar-refractivity contribution in [3.05, 3.63) is 29.6 Å². The van der Waals surface area contributed by atoms with Gasteiger partial charge in [-0.1, -0.05) is 6.07 Å². The van der Waals surface area contributed by atoms with Crippen molar-refractivity contribution >= 4 is 0 Å². The summed E-state index contributed by atoms with van der Waals surface area (Å²) < 4.78 is 0. The van der Waals surface area contributed by atoms with Crippen LogP contribution in [0, 0.1) is 12.3 Å². The fourth-order valence-electron chi connectivity index (χ4n) is 1.99. The van der Waals surface area contributed by atoms with Crippen LogP contribution in [0.5, 0.6) is 0 Å². The predicted octanol–water partition coefficient (Wildman–Crippen LogP) is 2.09. The molecule has 1 atom stereocenters. The highest BCUT2D eigenvalue weighted by molar-refractivity contribution is 5.22. The maximum absolute atomic E-state index is 9.67. The second-order valence-corrected chi connectivity index (χ2v) is 4.46. The van der Waals surface area contributed by atoms with Crippen LogP contribution in [-0.2, 0) is 6.42 Å². The minimum absolute atomic E-state index is 0.161. The normalized spacial score (nSPS) is 20.5. The average molecular weight is 191 g/mol. The second-order valence-electron chi connectivity index (χ2n) is 4.46. The van der Waals surface area contributed by atoms with E-state index in [4.69, 9.17) is 0 Å². The molecule has 0 saturated heterocycles. The molecule has 1 unspecified atom stereocenters. The molecular weight excluding hydrogens is 174 g/mol. The summed E-state index contributed by atoms with van der Waals surface area (Å²) in [6, 6.07) is 4.09. The Labute approximate surface area is 85.0 Å². The number of nitrogens with zero attached hydrogens (tertiary/aromatic N) is 1. The van der Waals surface area contributed by atoms with Crippen LogP contribution in [-0.4, -0.2) is 16.2 Å². The lowest BCUT2D eigenvalue weighted by Crippen LogP contribution is -2.21. The molecule has 1 saturated carbocycles. The van der Waals surface area contributed by atoms with Crippen LogP contribution in [0.2, 0.25) is 0 Å². The van der Waals surface area contributed by atoms with E-state index in [1.54, 1.807) is 0 Å². The molecule has 1 aromatic rings. The van der Waals surface area contributed by atoms with Gasteiger partial charge in [0, 0.05) is 17.3 Å². The lowest BCUT2D eigenvalue weighted by molar-refractivity contribution is 0.110. The van der Waals surface area contributed by atoms with Gasteiger partial charge in [-0.25, -0.2) is 0 Å². The van der Waals surface area contributed by atoms with Crippen molar-refractivity contribution in [2.45, 2.75) is 39.2 Å². The van der Waals surface area contributed by atoms with Gasteiger partial charge in [-0.3, -0.25) is 4.98 Å². The lowest BCUT2D eigenvalue weighted by atomic mass is 9.91. The first kappa shape index (κ1) is 9.66. The number of aliphatic hydroxyl groups excluding tert-OH is 1. The highest BCUT2D eigenvalue weighted by Gasteiger charge is 2.46. The SMILES string of the molecule is Cc1ncccc1CC1(C(C)O)CC1. The Kier molecular flexibility index (Phi) is 2.31. The Morgan fingerprint density at radius 2 is 2.29 bits per heavy atom. The molecule has 1 aliphatic rings. The standard InChI is InChI=1S/C12H17NO/c1-9-11(4-3-7-13-9)8-12(5-6-12)10(2)14/h3-4,7,10,14H,5-6,8H2,1-2H3. The molecule has 1 aromatic heterocycles. The number of hydrogen-bond acceptors (Lipinski definition) is 2. The molecule has 1 N–H and O–H groups in total. The van der Waals surface area contributed by atoms with Crippen molar-refractivity contribution < 1.29 is 5.11 Å². The summed E-state index contributed by atoms with van der Waals surface area (Å²) in [4.78, 5) is 4.27.